The van der Waals surface area contributed by atoms with Crippen molar-refractivity contribution in [2.24, 2.45) is 7.05 Å². The van der Waals surface area contributed by atoms with Crippen molar-refractivity contribution in [1.29, 1.82) is 0 Å². The molecule has 5 aromatic rings. The molecule has 9 nitrogen and oxygen atoms in total. The summed E-state index contributed by atoms with van der Waals surface area (Å²) in [5.74, 6) is 1.60. The number of hydrogen-bond donors (Lipinski definition) is 1. The number of imidazole rings is 1. The van der Waals surface area contributed by atoms with Crippen LogP contribution >= 0.6 is 0 Å². The van der Waals surface area contributed by atoms with E-state index in [-0.39, 0.29) is 6.04 Å². The van der Waals surface area contributed by atoms with Crippen LogP contribution in [0.4, 0.5) is 5.82 Å². The highest BCUT2D eigenvalue weighted by Crippen LogP contribution is 2.26. The Labute approximate surface area is 222 Å². The van der Waals surface area contributed by atoms with Crippen LogP contribution < -0.4 is 10.1 Å². The molecule has 9 heteroatoms. The number of ether oxygens (including phenoxy) is 1. The zero-order valence-electron chi connectivity index (χ0n) is 21.8. The van der Waals surface area contributed by atoms with Crippen LogP contribution in [-0.4, -0.2) is 60.3 Å². The van der Waals surface area contributed by atoms with E-state index >= 15 is 0 Å². The molecule has 38 heavy (non-hydrogen) atoms. The van der Waals surface area contributed by atoms with Gasteiger partial charge >= 0.3 is 0 Å². The van der Waals surface area contributed by atoms with Gasteiger partial charge in [0.15, 0.2) is 0 Å². The number of nitrogens with one attached hydrogen (secondary N) is 1. The molecule has 1 atom stereocenters. The number of benzene rings is 1. The molecule has 6 rings (SSSR count). The number of pyridine rings is 1. The molecule has 0 radical (unpaired) electrons. The Morgan fingerprint density at radius 1 is 1.00 bits per heavy atom. The third kappa shape index (κ3) is 5.24. The van der Waals surface area contributed by atoms with Crippen LogP contribution in [0.3, 0.4) is 0 Å². The highest BCUT2D eigenvalue weighted by molar-refractivity contribution is 5.64. The van der Waals surface area contributed by atoms with Crippen molar-refractivity contribution >= 4 is 11.5 Å². The van der Waals surface area contributed by atoms with E-state index in [1.54, 1.807) is 6.33 Å². The summed E-state index contributed by atoms with van der Waals surface area (Å²) in [5, 5.41) is 7.77. The van der Waals surface area contributed by atoms with Crippen LogP contribution in [0.5, 0.6) is 5.75 Å². The van der Waals surface area contributed by atoms with Crippen LogP contribution in [0.2, 0.25) is 0 Å². The standard InChI is InChI=1S/C29H32N8O/c1-21(22-5-7-23(8-6-22)24-17-33-35(2)19-24)34-28-16-26(31-20-32-28)27-18-30-29-15-25(9-13-37(27)29)38-14-4-12-36-10-3-11-36/h5-9,13,15-21H,3-4,10-12,14H2,1-2H3,(H,31,32,34). The molecule has 1 fully saturated rings. The van der Waals surface area contributed by atoms with E-state index in [9.17, 15) is 0 Å². The minimum atomic E-state index is 0.0729. The van der Waals surface area contributed by atoms with Crippen molar-refractivity contribution in [3.63, 3.8) is 0 Å². The largest absolute Gasteiger partial charge is 0.493 e. The molecule has 4 aromatic heterocycles. The van der Waals surface area contributed by atoms with E-state index < -0.39 is 0 Å². The average Bonchev–Trinajstić information content (AvgIpc) is 3.54. The van der Waals surface area contributed by atoms with Crippen LogP contribution in [0.15, 0.2) is 73.6 Å². The number of aryl methyl sites for hydroxylation is 1. The predicted molar refractivity (Wildman–Crippen MR) is 148 cm³/mol. The Hall–Kier alpha value is -4.24. The topological polar surface area (TPSA) is 85.4 Å². The van der Waals surface area contributed by atoms with Gasteiger partial charge in [-0.05, 0) is 50.0 Å². The fourth-order valence-electron chi connectivity index (χ4n) is 4.74. The Morgan fingerprint density at radius 2 is 1.87 bits per heavy atom. The Morgan fingerprint density at radius 3 is 2.63 bits per heavy atom. The first-order valence-corrected chi connectivity index (χ1v) is 13.1. The quantitative estimate of drug-likeness (QED) is 0.270. The Bertz CT molecular complexity index is 1520. The lowest BCUT2D eigenvalue weighted by atomic mass is 10.0. The normalized spacial score (nSPS) is 14.4. The monoisotopic (exact) mass is 508 g/mol. The maximum Gasteiger partial charge on any atom is 0.140 e. The first kappa shape index (κ1) is 24.1. The van der Waals surface area contributed by atoms with E-state index in [1.807, 2.05) is 59.1 Å². The maximum absolute atomic E-state index is 5.97. The van der Waals surface area contributed by atoms with Gasteiger partial charge in [-0.1, -0.05) is 24.3 Å². The number of aromatic nitrogens is 6. The highest BCUT2D eigenvalue weighted by atomic mass is 16.5. The van der Waals surface area contributed by atoms with E-state index in [0.29, 0.717) is 6.61 Å². The van der Waals surface area contributed by atoms with E-state index in [4.69, 9.17) is 4.74 Å². The summed E-state index contributed by atoms with van der Waals surface area (Å²) in [6.45, 7) is 6.39. The summed E-state index contributed by atoms with van der Waals surface area (Å²) in [4.78, 5) is 16.0. The van der Waals surface area contributed by atoms with Crippen molar-refractivity contribution in [2.45, 2.75) is 25.8 Å². The number of rotatable bonds is 10. The lowest BCUT2D eigenvalue weighted by molar-refractivity contribution is 0.165. The number of nitrogens with zero attached hydrogens (tertiary/aromatic N) is 7. The van der Waals surface area contributed by atoms with Gasteiger partial charge in [-0.25, -0.2) is 15.0 Å². The molecule has 0 aliphatic carbocycles. The molecule has 1 aliphatic heterocycles. The predicted octanol–water partition coefficient (Wildman–Crippen LogP) is 4.84. The van der Waals surface area contributed by atoms with Gasteiger partial charge in [0.05, 0.1) is 30.4 Å². The van der Waals surface area contributed by atoms with Gasteiger partial charge in [0, 0.05) is 49.7 Å². The van der Waals surface area contributed by atoms with Crippen molar-refractivity contribution in [1.82, 2.24) is 34.0 Å². The number of anilines is 1. The van der Waals surface area contributed by atoms with Crippen LogP contribution in [0.1, 0.15) is 31.4 Å². The number of hydrogen-bond acceptors (Lipinski definition) is 7. The molecule has 0 amide bonds. The minimum absolute atomic E-state index is 0.0729. The summed E-state index contributed by atoms with van der Waals surface area (Å²) in [6, 6.07) is 14.5. The van der Waals surface area contributed by atoms with Crippen molar-refractivity contribution in [3.05, 3.63) is 79.1 Å². The van der Waals surface area contributed by atoms with Crippen LogP contribution in [-0.2, 0) is 7.05 Å². The zero-order chi connectivity index (χ0) is 25.9. The SMILES string of the molecule is CC(Nc1cc(-c2cnc3cc(OCCCN4CCC4)ccn23)ncn1)c1ccc(-c2cnn(C)c2)cc1. The minimum Gasteiger partial charge on any atom is -0.493 e. The van der Waals surface area contributed by atoms with Gasteiger partial charge in [-0.2, -0.15) is 5.10 Å². The molecular formula is C29H32N8O. The molecule has 1 aliphatic rings. The second-order valence-electron chi connectivity index (χ2n) is 9.81. The van der Waals surface area contributed by atoms with Gasteiger partial charge in [0.1, 0.15) is 23.5 Å². The smallest absolute Gasteiger partial charge is 0.140 e. The Kier molecular flexibility index (Phi) is 6.75. The lowest BCUT2D eigenvalue weighted by Gasteiger charge is -2.30. The summed E-state index contributed by atoms with van der Waals surface area (Å²) in [6.07, 6.45) is 11.7. The van der Waals surface area contributed by atoms with Gasteiger partial charge < -0.3 is 15.0 Å². The fraction of sp³-hybridized carbons (Fsp3) is 0.310. The van der Waals surface area contributed by atoms with Gasteiger partial charge in [-0.15, -0.1) is 0 Å². The fourth-order valence-corrected chi connectivity index (χ4v) is 4.74. The molecule has 1 aromatic carbocycles. The van der Waals surface area contributed by atoms with Gasteiger partial charge in [0.2, 0.25) is 0 Å². The average molecular weight is 509 g/mol. The highest BCUT2D eigenvalue weighted by Gasteiger charge is 2.14. The van der Waals surface area contributed by atoms with Crippen molar-refractivity contribution in [2.75, 3.05) is 31.6 Å². The summed E-state index contributed by atoms with van der Waals surface area (Å²) < 4.78 is 9.81. The molecule has 1 N–H and O–H groups in total. The first-order valence-electron chi connectivity index (χ1n) is 13.1. The second kappa shape index (κ2) is 10.6. The lowest BCUT2D eigenvalue weighted by Crippen LogP contribution is -2.38. The molecule has 5 heterocycles. The second-order valence-corrected chi connectivity index (χ2v) is 9.81. The molecule has 0 spiro atoms. The van der Waals surface area contributed by atoms with Crippen LogP contribution in [0, 0.1) is 0 Å². The van der Waals surface area contributed by atoms with Gasteiger partial charge in [-0.3, -0.25) is 9.08 Å². The van der Waals surface area contributed by atoms with Crippen molar-refractivity contribution < 1.29 is 4.74 Å². The number of fused-ring (bicyclic) bond motifs is 1. The third-order valence-electron chi connectivity index (χ3n) is 7.06. The molecule has 0 bridgehead atoms. The Balaban J connectivity index is 1.12. The summed E-state index contributed by atoms with van der Waals surface area (Å²) >= 11 is 0. The molecule has 1 unspecified atom stereocenters. The molecule has 0 saturated carbocycles. The molecule has 1 saturated heterocycles. The molecule has 194 valence electrons. The van der Waals surface area contributed by atoms with E-state index in [0.717, 1.165) is 52.7 Å². The zero-order valence-corrected chi connectivity index (χ0v) is 21.8. The third-order valence-corrected chi connectivity index (χ3v) is 7.06. The maximum atomic E-state index is 5.97. The van der Waals surface area contributed by atoms with E-state index in [2.05, 4.69) is 61.5 Å². The van der Waals surface area contributed by atoms with Crippen molar-refractivity contribution in [3.8, 4) is 28.3 Å². The first-order chi connectivity index (χ1) is 18.6. The number of likely N-dealkylation sites (tertiary alicyclic amines) is 1. The van der Waals surface area contributed by atoms with Gasteiger partial charge in [0.25, 0.3) is 0 Å². The van der Waals surface area contributed by atoms with E-state index in [1.165, 1.54) is 25.1 Å². The summed E-state index contributed by atoms with van der Waals surface area (Å²) in [7, 11) is 1.93. The summed E-state index contributed by atoms with van der Waals surface area (Å²) in [5.41, 5.74) is 5.96. The van der Waals surface area contributed by atoms with Crippen LogP contribution in [0.25, 0.3) is 28.2 Å². The molecular weight excluding hydrogens is 476 g/mol.